The second-order valence-electron chi connectivity index (χ2n) is 8.66. The third kappa shape index (κ3) is 3.51. The molecule has 2 aliphatic heterocycles. The number of fused-ring (bicyclic) bond motifs is 2. The first-order chi connectivity index (χ1) is 12.0. The van der Waals surface area contributed by atoms with Crippen LogP contribution in [0.3, 0.4) is 0 Å². The van der Waals surface area contributed by atoms with E-state index in [2.05, 4.69) is 73.9 Å². The number of hydrogen-bond acceptors (Lipinski definition) is 2. The predicted molar refractivity (Wildman–Crippen MR) is 105 cm³/mol. The zero-order valence-corrected chi connectivity index (χ0v) is 15.7. The van der Waals surface area contributed by atoms with Crippen LogP contribution in [0.15, 0.2) is 42.5 Å². The third-order valence-electron chi connectivity index (χ3n) is 6.12. The van der Waals surface area contributed by atoms with Gasteiger partial charge in [0.05, 0.1) is 0 Å². The highest BCUT2D eigenvalue weighted by molar-refractivity contribution is 5.35. The molecule has 2 heteroatoms. The molecule has 0 spiro atoms. The van der Waals surface area contributed by atoms with Crippen LogP contribution in [0.4, 0.5) is 0 Å². The highest BCUT2D eigenvalue weighted by Crippen LogP contribution is 2.32. The van der Waals surface area contributed by atoms with E-state index in [-0.39, 0.29) is 5.41 Å². The lowest BCUT2D eigenvalue weighted by Crippen LogP contribution is -2.47. The molecule has 0 aliphatic carbocycles. The van der Waals surface area contributed by atoms with Gasteiger partial charge in [0.1, 0.15) is 0 Å². The third-order valence-corrected chi connectivity index (χ3v) is 6.12. The second kappa shape index (κ2) is 6.59. The Morgan fingerprint density at radius 2 is 1.60 bits per heavy atom. The Kier molecular flexibility index (Phi) is 4.43. The van der Waals surface area contributed by atoms with Crippen molar-refractivity contribution >= 4 is 0 Å². The first-order valence-corrected chi connectivity index (χ1v) is 9.65. The van der Waals surface area contributed by atoms with Gasteiger partial charge >= 0.3 is 0 Å². The molecule has 0 aromatic heterocycles. The molecule has 132 valence electrons. The second-order valence-corrected chi connectivity index (χ2v) is 8.66. The van der Waals surface area contributed by atoms with Crippen LogP contribution in [0.1, 0.15) is 48.6 Å². The molecule has 0 fully saturated rings. The van der Waals surface area contributed by atoms with Crippen molar-refractivity contribution in [2.45, 2.75) is 65.2 Å². The van der Waals surface area contributed by atoms with E-state index in [9.17, 15) is 0 Å². The van der Waals surface area contributed by atoms with Gasteiger partial charge in [-0.1, -0.05) is 56.3 Å². The molecule has 1 unspecified atom stereocenters. The van der Waals surface area contributed by atoms with Gasteiger partial charge in [-0.05, 0) is 59.4 Å². The van der Waals surface area contributed by atoms with Crippen molar-refractivity contribution in [3.8, 4) is 0 Å². The van der Waals surface area contributed by atoms with Gasteiger partial charge in [-0.3, -0.25) is 0 Å². The summed E-state index contributed by atoms with van der Waals surface area (Å²) < 4.78 is 0. The molecule has 2 heterocycles. The van der Waals surface area contributed by atoms with E-state index in [0.29, 0.717) is 12.1 Å². The minimum atomic E-state index is 0.236. The van der Waals surface area contributed by atoms with Gasteiger partial charge in [0.2, 0.25) is 0 Å². The smallest absolute Gasteiger partial charge is 0.0211 e. The van der Waals surface area contributed by atoms with Gasteiger partial charge in [-0.2, -0.15) is 0 Å². The van der Waals surface area contributed by atoms with Crippen LogP contribution in [0, 0.1) is 5.41 Å². The van der Waals surface area contributed by atoms with Crippen molar-refractivity contribution in [1.29, 1.82) is 0 Å². The van der Waals surface area contributed by atoms with E-state index in [1.165, 1.54) is 22.3 Å². The van der Waals surface area contributed by atoms with Gasteiger partial charge in [0.15, 0.2) is 0 Å². The highest BCUT2D eigenvalue weighted by atomic mass is 14.9. The quantitative estimate of drug-likeness (QED) is 0.886. The monoisotopic (exact) mass is 334 g/mol. The molecule has 0 bridgehead atoms. The Balaban J connectivity index is 1.51. The van der Waals surface area contributed by atoms with E-state index in [1.807, 2.05) is 0 Å². The van der Waals surface area contributed by atoms with E-state index >= 15 is 0 Å². The lowest BCUT2D eigenvalue weighted by molar-refractivity contribution is 0.226. The summed E-state index contributed by atoms with van der Waals surface area (Å²) >= 11 is 0. The summed E-state index contributed by atoms with van der Waals surface area (Å²) in [5.41, 5.74) is 7.72. The zero-order chi connectivity index (χ0) is 17.4. The Hall–Kier alpha value is -1.64. The number of benzene rings is 2. The molecule has 0 saturated carbocycles. The number of nitrogens with one attached hydrogen (secondary N) is 2. The lowest BCUT2D eigenvalue weighted by Gasteiger charge is -2.39. The molecular weight excluding hydrogens is 304 g/mol. The van der Waals surface area contributed by atoms with Crippen LogP contribution in [-0.4, -0.2) is 12.1 Å². The minimum absolute atomic E-state index is 0.236. The molecular formula is C23H30N2. The molecule has 0 radical (unpaired) electrons. The molecule has 4 rings (SSSR count). The number of rotatable bonds is 3. The van der Waals surface area contributed by atoms with Gasteiger partial charge in [-0.15, -0.1) is 0 Å². The fourth-order valence-corrected chi connectivity index (χ4v) is 4.49. The first-order valence-electron chi connectivity index (χ1n) is 9.65. The predicted octanol–water partition coefficient (Wildman–Crippen LogP) is 4.00. The fraction of sp³-hybridized carbons (Fsp3) is 0.478. The van der Waals surface area contributed by atoms with Gasteiger partial charge in [0, 0.05) is 25.2 Å². The van der Waals surface area contributed by atoms with E-state index in [1.54, 1.807) is 5.56 Å². The Bertz CT molecular complexity index is 762. The minimum Gasteiger partial charge on any atom is -0.310 e. The zero-order valence-electron chi connectivity index (χ0n) is 15.7. The van der Waals surface area contributed by atoms with Crippen molar-refractivity contribution in [3.05, 3.63) is 70.3 Å². The standard InChI is InChI=1S/C23H30N2/c1-16-10-21-11-17(8-9-20(21)14-24-16)13-23(2,3)22-12-18-6-4-5-7-19(18)15-25-22/h4-9,11,16,22,24-25H,10,12-15H2,1-3H3/t16-,22?/m1/s1. The van der Waals surface area contributed by atoms with E-state index < -0.39 is 0 Å². The summed E-state index contributed by atoms with van der Waals surface area (Å²) in [5.74, 6) is 0. The summed E-state index contributed by atoms with van der Waals surface area (Å²) in [6.07, 6.45) is 3.41. The molecule has 0 saturated heterocycles. The highest BCUT2D eigenvalue weighted by Gasteiger charge is 2.32. The van der Waals surface area contributed by atoms with Crippen LogP contribution in [-0.2, 0) is 32.4 Å². The van der Waals surface area contributed by atoms with E-state index in [0.717, 1.165) is 32.4 Å². The Morgan fingerprint density at radius 3 is 2.44 bits per heavy atom. The Morgan fingerprint density at radius 1 is 0.880 bits per heavy atom. The summed E-state index contributed by atoms with van der Waals surface area (Å²) in [7, 11) is 0. The Labute approximate surface area is 152 Å². The van der Waals surface area contributed by atoms with Crippen LogP contribution < -0.4 is 10.6 Å². The maximum Gasteiger partial charge on any atom is 0.0211 e. The topological polar surface area (TPSA) is 24.1 Å². The molecule has 2 aromatic carbocycles. The van der Waals surface area contributed by atoms with Gasteiger partial charge in [-0.25, -0.2) is 0 Å². The largest absolute Gasteiger partial charge is 0.310 e. The fourth-order valence-electron chi connectivity index (χ4n) is 4.49. The molecule has 2 aliphatic rings. The van der Waals surface area contributed by atoms with Gasteiger partial charge < -0.3 is 10.6 Å². The van der Waals surface area contributed by atoms with Crippen LogP contribution in [0.25, 0.3) is 0 Å². The normalized spacial score (nSPS) is 23.0. The van der Waals surface area contributed by atoms with Gasteiger partial charge in [0.25, 0.3) is 0 Å². The maximum absolute atomic E-state index is 3.80. The summed E-state index contributed by atoms with van der Waals surface area (Å²) in [6, 6.07) is 17.1. The summed E-state index contributed by atoms with van der Waals surface area (Å²) in [4.78, 5) is 0. The molecule has 2 nitrogen and oxygen atoms in total. The molecule has 2 aromatic rings. The van der Waals surface area contributed by atoms with Crippen molar-refractivity contribution < 1.29 is 0 Å². The molecule has 25 heavy (non-hydrogen) atoms. The van der Waals surface area contributed by atoms with E-state index in [4.69, 9.17) is 0 Å². The molecule has 2 atom stereocenters. The summed E-state index contributed by atoms with van der Waals surface area (Å²) in [5, 5.41) is 7.35. The molecule has 0 amide bonds. The molecule has 2 N–H and O–H groups in total. The van der Waals surface area contributed by atoms with Crippen molar-refractivity contribution in [2.75, 3.05) is 0 Å². The van der Waals surface area contributed by atoms with Crippen molar-refractivity contribution in [1.82, 2.24) is 10.6 Å². The van der Waals surface area contributed by atoms with Crippen LogP contribution in [0.2, 0.25) is 0 Å². The SMILES string of the molecule is C[C@@H]1Cc2cc(CC(C)(C)C3Cc4ccccc4CN3)ccc2CN1. The average Bonchev–Trinajstić information content (AvgIpc) is 2.60. The van der Waals surface area contributed by atoms with Crippen LogP contribution in [0.5, 0.6) is 0 Å². The van der Waals surface area contributed by atoms with Crippen molar-refractivity contribution in [3.63, 3.8) is 0 Å². The maximum atomic E-state index is 3.80. The first kappa shape index (κ1) is 16.8. The lowest BCUT2D eigenvalue weighted by atomic mass is 9.74. The average molecular weight is 335 g/mol. The number of hydrogen-bond donors (Lipinski definition) is 2. The summed E-state index contributed by atoms with van der Waals surface area (Å²) in [6.45, 7) is 9.13. The van der Waals surface area contributed by atoms with Crippen LogP contribution >= 0.6 is 0 Å². The van der Waals surface area contributed by atoms with Crippen molar-refractivity contribution in [2.24, 2.45) is 5.41 Å².